The van der Waals surface area contributed by atoms with E-state index < -0.39 is 15.8 Å². The van der Waals surface area contributed by atoms with Crippen LogP contribution >= 0.6 is 0 Å². The van der Waals surface area contributed by atoms with Crippen LogP contribution < -0.4 is 0 Å². The van der Waals surface area contributed by atoms with Gasteiger partial charge < -0.3 is 9.67 Å². The molecule has 0 saturated heterocycles. The Kier molecular flexibility index (Phi) is 2.94. The summed E-state index contributed by atoms with van der Waals surface area (Å²) < 4.78 is 24.3. The molecule has 2 heterocycles. The molecule has 1 N–H and O–H groups in total. The minimum absolute atomic E-state index is 0.00310. The molecule has 0 saturated carbocycles. The van der Waals surface area contributed by atoms with Gasteiger partial charge in [0.1, 0.15) is 11.6 Å². The van der Waals surface area contributed by atoms with Gasteiger partial charge in [-0.2, -0.15) is 0 Å². The summed E-state index contributed by atoms with van der Waals surface area (Å²) in [6.07, 6.45) is 3.62. The lowest BCUT2D eigenvalue weighted by molar-refractivity contribution is 0.0689. The summed E-state index contributed by atoms with van der Waals surface area (Å²) in [4.78, 5) is 15.0. The zero-order valence-corrected chi connectivity index (χ0v) is 10.3. The fraction of sp³-hybridized carbons (Fsp3) is 0.600. The SMILES string of the molecule is CS(=O)(=O)Cc1nc(C(=O)O)c2n1CCCC2. The predicted molar refractivity (Wildman–Crippen MR) is 60.7 cm³/mol. The van der Waals surface area contributed by atoms with E-state index in [2.05, 4.69) is 4.98 Å². The van der Waals surface area contributed by atoms with Crippen molar-refractivity contribution in [1.82, 2.24) is 9.55 Å². The van der Waals surface area contributed by atoms with E-state index in [0.29, 0.717) is 24.5 Å². The van der Waals surface area contributed by atoms with Gasteiger partial charge in [0.05, 0.1) is 5.69 Å². The van der Waals surface area contributed by atoms with Crippen molar-refractivity contribution in [1.29, 1.82) is 0 Å². The highest BCUT2D eigenvalue weighted by Crippen LogP contribution is 2.22. The predicted octanol–water partition coefficient (Wildman–Crippen LogP) is 0.462. The molecule has 1 aromatic heterocycles. The lowest BCUT2D eigenvalue weighted by Gasteiger charge is -2.16. The van der Waals surface area contributed by atoms with Gasteiger partial charge in [-0.3, -0.25) is 0 Å². The number of sulfone groups is 1. The van der Waals surface area contributed by atoms with E-state index in [1.807, 2.05) is 0 Å². The number of aromatic nitrogens is 2. The molecule has 1 aliphatic heterocycles. The smallest absolute Gasteiger partial charge is 0.356 e. The van der Waals surface area contributed by atoms with Gasteiger partial charge in [-0.1, -0.05) is 0 Å². The second-order valence-corrected chi connectivity index (χ2v) is 6.45. The Morgan fingerprint density at radius 3 is 2.76 bits per heavy atom. The molecule has 94 valence electrons. The number of rotatable bonds is 3. The summed E-state index contributed by atoms with van der Waals surface area (Å²) >= 11 is 0. The van der Waals surface area contributed by atoms with Crippen molar-refractivity contribution >= 4 is 15.8 Å². The van der Waals surface area contributed by atoms with Crippen LogP contribution in [0.25, 0.3) is 0 Å². The number of hydrogen-bond donors (Lipinski definition) is 1. The number of hydrogen-bond acceptors (Lipinski definition) is 4. The molecule has 0 atom stereocenters. The summed E-state index contributed by atoms with van der Waals surface area (Å²) in [6, 6.07) is 0. The van der Waals surface area contributed by atoms with Crippen LogP contribution in [0.3, 0.4) is 0 Å². The molecule has 0 bridgehead atoms. The van der Waals surface area contributed by atoms with Crippen molar-refractivity contribution in [2.24, 2.45) is 0 Å². The topological polar surface area (TPSA) is 89.3 Å². The average molecular weight is 258 g/mol. The minimum Gasteiger partial charge on any atom is -0.476 e. The fourth-order valence-electron chi connectivity index (χ4n) is 2.13. The van der Waals surface area contributed by atoms with Crippen molar-refractivity contribution in [3.8, 4) is 0 Å². The maximum Gasteiger partial charge on any atom is 0.356 e. The maximum absolute atomic E-state index is 11.3. The van der Waals surface area contributed by atoms with Gasteiger partial charge in [0, 0.05) is 12.8 Å². The molecule has 0 radical (unpaired) electrons. The lowest BCUT2D eigenvalue weighted by atomic mass is 10.1. The summed E-state index contributed by atoms with van der Waals surface area (Å²) in [5.41, 5.74) is 0.658. The zero-order valence-electron chi connectivity index (χ0n) is 9.51. The lowest BCUT2D eigenvalue weighted by Crippen LogP contribution is -2.16. The van der Waals surface area contributed by atoms with Crippen LogP contribution in [0.4, 0.5) is 0 Å². The van der Waals surface area contributed by atoms with Crippen molar-refractivity contribution < 1.29 is 18.3 Å². The first-order valence-corrected chi connectivity index (χ1v) is 7.44. The maximum atomic E-state index is 11.3. The first-order valence-electron chi connectivity index (χ1n) is 5.38. The Bertz CT molecular complexity index is 559. The van der Waals surface area contributed by atoms with Crippen LogP contribution in [-0.4, -0.2) is 35.3 Å². The molecule has 0 aromatic carbocycles. The number of fused-ring (bicyclic) bond motifs is 1. The van der Waals surface area contributed by atoms with Crippen LogP contribution in [-0.2, 0) is 28.6 Å². The van der Waals surface area contributed by atoms with E-state index in [9.17, 15) is 13.2 Å². The Balaban J connectivity index is 2.50. The van der Waals surface area contributed by atoms with Gasteiger partial charge in [0.25, 0.3) is 0 Å². The van der Waals surface area contributed by atoms with Gasteiger partial charge >= 0.3 is 5.97 Å². The number of carboxylic acids is 1. The van der Waals surface area contributed by atoms with E-state index in [1.165, 1.54) is 0 Å². The van der Waals surface area contributed by atoms with Gasteiger partial charge in [-0.15, -0.1) is 0 Å². The summed E-state index contributed by atoms with van der Waals surface area (Å²) in [7, 11) is -3.20. The Morgan fingerprint density at radius 2 is 2.18 bits per heavy atom. The standard InChI is InChI=1S/C10H14N2O4S/c1-17(15,16)6-8-11-9(10(13)14)7-4-2-3-5-12(7)8/h2-6H2,1H3,(H,13,14). The number of nitrogens with zero attached hydrogens (tertiary/aromatic N) is 2. The highest BCUT2D eigenvalue weighted by atomic mass is 32.2. The van der Waals surface area contributed by atoms with E-state index >= 15 is 0 Å². The molecule has 0 fully saturated rings. The molecule has 0 unspecified atom stereocenters. The van der Waals surface area contributed by atoms with Crippen LogP contribution in [0.1, 0.15) is 34.8 Å². The molecule has 6 nitrogen and oxygen atoms in total. The molecular formula is C10H14N2O4S. The zero-order chi connectivity index (χ0) is 12.6. The molecule has 1 aromatic rings. The van der Waals surface area contributed by atoms with Crippen molar-refractivity contribution in [3.05, 3.63) is 17.2 Å². The second-order valence-electron chi connectivity index (χ2n) is 4.31. The minimum atomic E-state index is -3.20. The van der Waals surface area contributed by atoms with Crippen molar-refractivity contribution in [3.63, 3.8) is 0 Å². The highest BCUT2D eigenvalue weighted by molar-refractivity contribution is 7.89. The number of imidazole rings is 1. The number of carbonyl (C=O) groups is 1. The van der Waals surface area contributed by atoms with E-state index in [0.717, 1.165) is 19.1 Å². The quantitative estimate of drug-likeness (QED) is 0.850. The van der Waals surface area contributed by atoms with Gasteiger partial charge in [-0.25, -0.2) is 18.2 Å². The largest absolute Gasteiger partial charge is 0.476 e. The summed E-state index contributed by atoms with van der Waals surface area (Å²) in [6.45, 7) is 0.653. The summed E-state index contributed by atoms with van der Waals surface area (Å²) in [5.74, 6) is -0.942. The third-order valence-electron chi connectivity index (χ3n) is 2.79. The van der Waals surface area contributed by atoms with E-state index in [-0.39, 0.29) is 11.4 Å². The first kappa shape index (κ1) is 12.1. The monoisotopic (exact) mass is 258 g/mol. The molecule has 0 spiro atoms. The average Bonchev–Trinajstić information content (AvgIpc) is 2.55. The van der Waals surface area contributed by atoms with Crippen LogP contribution in [0.2, 0.25) is 0 Å². The number of aromatic carboxylic acids is 1. The van der Waals surface area contributed by atoms with Crippen LogP contribution in [0.15, 0.2) is 0 Å². The van der Waals surface area contributed by atoms with Crippen LogP contribution in [0.5, 0.6) is 0 Å². The third-order valence-corrected chi connectivity index (χ3v) is 3.57. The second kappa shape index (κ2) is 4.14. The Morgan fingerprint density at radius 1 is 1.47 bits per heavy atom. The number of carboxylic acid groups (broad SMARTS) is 1. The molecule has 0 aliphatic carbocycles. The van der Waals surface area contributed by atoms with E-state index in [1.54, 1.807) is 4.57 Å². The molecule has 1 aliphatic rings. The third kappa shape index (κ3) is 2.49. The van der Waals surface area contributed by atoms with E-state index in [4.69, 9.17) is 5.11 Å². The molecule has 17 heavy (non-hydrogen) atoms. The molecule has 2 rings (SSSR count). The van der Waals surface area contributed by atoms with Gasteiger partial charge in [0.2, 0.25) is 0 Å². The van der Waals surface area contributed by atoms with Gasteiger partial charge in [-0.05, 0) is 19.3 Å². The Labute approximate surface area is 99.2 Å². The molecular weight excluding hydrogens is 244 g/mol. The van der Waals surface area contributed by atoms with Gasteiger partial charge in [0.15, 0.2) is 15.5 Å². The first-order chi connectivity index (χ1) is 7.88. The van der Waals surface area contributed by atoms with Crippen molar-refractivity contribution in [2.45, 2.75) is 31.6 Å². The van der Waals surface area contributed by atoms with Crippen molar-refractivity contribution in [2.75, 3.05) is 6.26 Å². The summed E-state index contributed by atoms with van der Waals surface area (Å²) in [5, 5.41) is 9.03. The highest BCUT2D eigenvalue weighted by Gasteiger charge is 2.25. The molecule has 0 amide bonds. The van der Waals surface area contributed by atoms with Crippen LogP contribution in [0, 0.1) is 0 Å². The normalized spacial score (nSPS) is 15.6. The fourth-order valence-corrected chi connectivity index (χ4v) is 2.82. The molecule has 7 heteroatoms. The Hall–Kier alpha value is -1.37.